The summed E-state index contributed by atoms with van der Waals surface area (Å²) in [6.45, 7) is 4.93. The lowest BCUT2D eigenvalue weighted by molar-refractivity contribution is -0.140. The molecule has 2 N–H and O–H groups in total. The number of methoxy groups -OCH3 is 1. The second-order valence-electron chi connectivity index (χ2n) is 9.70. The van der Waals surface area contributed by atoms with E-state index >= 15 is 0 Å². The Morgan fingerprint density at radius 2 is 2.02 bits per heavy atom. The van der Waals surface area contributed by atoms with Gasteiger partial charge >= 0.3 is 0 Å². The zero-order valence-electron chi connectivity index (χ0n) is 22.9. The van der Waals surface area contributed by atoms with E-state index in [-0.39, 0.29) is 36.3 Å². The third-order valence-corrected chi connectivity index (χ3v) is 7.02. The summed E-state index contributed by atoms with van der Waals surface area (Å²) in [6.07, 6.45) is 2.75. The molecule has 10 nitrogen and oxygen atoms in total. The van der Waals surface area contributed by atoms with Crippen LogP contribution in [0.15, 0.2) is 43.2 Å². The van der Waals surface area contributed by atoms with E-state index in [2.05, 4.69) is 27.2 Å². The normalized spacial score (nSPS) is 16.9. The van der Waals surface area contributed by atoms with Gasteiger partial charge in [0.15, 0.2) is 17.3 Å². The van der Waals surface area contributed by atoms with Crippen molar-refractivity contribution in [2.45, 2.75) is 25.0 Å². The largest absolute Gasteiger partial charge is 0.493 e. The Morgan fingerprint density at radius 1 is 1.24 bits per heavy atom. The number of ether oxygens (including phenoxy) is 2. The van der Waals surface area contributed by atoms with Crippen LogP contribution in [0.1, 0.15) is 12.8 Å². The van der Waals surface area contributed by atoms with Crippen molar-refractivity contribution in [3.8, 4) is 11.5 Å². The van der Waals surface area contributed by atoms with E-state index in [1.165, 1.54) is 30.5 Å². The van der Waals surface area contributed by atoms with Gasteiger partial charge in [0.2, 0.25) is 11.8 Å². The number of hydrogen-bond donors (Lipinski definition) is 2. The zero-order chi connectivity index (χ0) is 29.7. The topological polar surface area (TPSA) is 109 Å². The van der Waals surface area contributed by atoms with Crippen LogP contribution in [0.4, 0.5) is 20.3 Å². The number of anilines is 2. The van der Waals surface area contributed by atoms with Gasteiger partial charge in [0, 0.05) is 43.9 Å². The Morgan fingerprint density at radius 3 is 2.73 bits per heavy atom. The molecular weight excluding hydrogens is 558 g/mol. The highest BCUT2D eigenvalue weighted by molar-refractivity contribution is 6.31. The number of carbonyl (C=O) groups is 2. The Bertz CT molecular complexity index is 1460. The van der Waals surface area contributed by atoms with Crippen molar-refractivity contribution >= 4 is 45.8 Å². The first-order chi connectivity index (χ1) is 19.6. The Labute approximate surface area is 241 Å². The number of piperidine rings is 1. The van der Waals surface area contributed by atoms with Crippen molar-refractivity contribution < 1.29 is 27.8 Å². The van der Waals surface area contributed by atoms with Crippen molar-refractivity contribution in [3.05, 3.63) is 59.9 Å². The first-order valence-corrected chi connectivity index (χ1v) is 13.3. The summed E-state index contributed by atoms with van der Waals surface area (Å²) in [5.41, 5.74) is 0.405. The molecule has 0 radical (unpaired) electrons. The fraction of sp³-hybridized carbons (Fsp3) is 0.357. The molecule has 218 valence electrons. The van der Waals surface area contributed by atoms with Crippen LogP contribution in [0.3, 0.4) is 0 Å². The molecular formula is C28H31ClF2N6O4. The highest BCUT2D eigenvalue weighted by Gasteiger charge is 2.36. The first-order valence-electron chi connectivity index (χ1n) is 12.9. The molecule has 0 saturated carbocycles. The number of likely N-dealkylation sites (N-methyl/N-ethyl adjacent to an activating group) is 1. The minimum Gasteiger partial charge on any atom is -0.493 e. The van der Waals surface area contributed by atoms with Crippen LogP contribution < -0.4 is 20.1 Å². The van der Waals surface area contributed by atoms with Crippen LogP contribution in [0.5, 0.6) is 11.5 Å². The van der Waals surface area contributed by atoms with E-state index < -0.39 is 28.8 Å². The summed E-state index contributed by atoms with van der Waals surface area (Å²) in [6, 6.07) is 4.80. The van der Waals surface area contributed by atoms with Crippen molar-refractivity contribution in [1.82, 2.24) is 25.1 Å². The summed E-state index contributed by atoms with van der Waals surface area (Å²) >= 11 is 5.74. The van der Waals surface area contributed by atoms with E-state index in [0.717, 1.165) is 6.07 Å². The molecule has 2 amide bonds. The van der Waals surface area contributed by atoms with Gasteiger partial charge in [-0.05, 0) is 38.4 Å². The third kappa shape index (κ3) is 6.83. The molecule has 0 spiro atoms. The first kappa shape index (κ1) is 29.9. The van der Waals surface area contributed by atoms with Gasteiger partial charge in [0.25, 0.3) is 0 Å². The third-order valence-electron chi connectivity index (χ3n) is 6.68. The fourth-order valence-electron chi connectivity index (χ4n) is 4.54. The number of likely N-dealkylation sites (tertiary alicyclic amines) is 1. The molecule has 2 heterocycles. The average Bonchev–Trinajstić information content (AvgIpc) is 2.96. The summed E-state index contributed by atoms with van der Waals surface area (Å²) in [7, 11) is 5.29. The van der Waals surface area contributed by atoms with E-state index in [9.17, 15) is 18.4 Å². The van der Waals surface area contributed by atoms with E-state index in [0.29, 0.717) is 41.9 Å². The van der Waals surface area contributed by atoms with Gasteiger partial charge in [-0.15, -0.1) is 0 Å². The van der Waals surface area contributed by atoms with Gasteiger partial charge in [-0.2, -0.15) is 0 Å². The highest BCUT2D eigenvalue weighted by atomic mass is 35.5. The monoisotopic (exact) mass is 588 g/mol. The molecule has 0 bridgehead atoms. The summed E-state index contributed by atoms with van der Waals surface area (Å²) in [5.74, 6) is -1.49. The van der Waals surface area contributed by atoms with E-state index in [1.807, 2.05) is 19.0 Å². The van der Waals surface area contributed by atoms with Crippen molar-refractivity contribution in [2.24, 2.45) is 0 Å². The Kier molecular flexibility index (Phi) is 9.56. The molecule has 41 heavy (non-hydrogen) atoms. The molecule has 0 unspecified atom stereocenters. The number of benzene rings is 2. The maximum absolute atomic E-state index is 14.6. The van der Waals surface area contributed by atoms with Gasteiger partial charge in [0.05, 0.1) is 18.3 Å². The summed E-state index contributed by atoms with van der Waals surface area (Å²) in [4.78, 5) is 37.5. The second-order valence-corrected chi connectivity index (χ2v) is 10.1. The van der Waals surface area contributed by atoms with Gasteiger partial charge in [0.1, 0.15) is 35.1 Å². The van der Waals surface area contributed by atoms with Gasteiger partial charge in [-0.25, -0.2) is 18.7 Å². The fourth-order valence-corrected chi connectivity index (χ4v) is 4.70. The molecule has 2 atom stereocenters. The lowest BCUT2D eigenvalue weighted by Crippen LogP contribution is -2.55. The van der Waals surface area contributed by atoms with Crippen LogP contribution in [0.2, 0.25) is 5.02 Å². The molecule has 0 aliphatic carbocycles. The number of halogens is 3. The number of hydrogen-bond acceptors (Lipinski definition) is 8. The standard InChI is InChI=1S/C28H31ClF2N6O4/c1-5-24(38)37-10-8-16(12-21(37)28(39)32-9-11-36(2)3)41-23-13-17-20(14-22(23)40-4)33-15-34-27(17)35-19-7-6-18(30)25(29)26(19)31/h5-7,13-16,21H,1,8-12H2,2-4H3,(H,32,39)(H,33,34,35)/t16-,21-/m0/s1. The lowest BCUT2D eigenvalue weighted by atomic mass is 9.98. The molecule has 1 fully saturated rings. The predicted molar refractivity (Wildman–Crippen MR) is 152 cm³/mol. The SMILES string of the molecule is C=CC(=O)N1CC[C@H](Oc2cc3c(Nc4ccc(F)c(Cl)c4F)ncnc3cc2OC)C[C@H]1C(=O)NCCN(C)C. The van der Waals surface area contributed by atoms with Crippen LogP contribution in [-0.2, 0) is 9.59 Å². The van der Waals surface area contributed by atoms with Gasteiger partial charge in [-0.3, -0.25) is 9.59 Å². The Balaban J connectivity index is 1.61. The van der Waals surface area contributed by atoms with Crippen LogP contribution in [0.25, 0.3) is 10.9 Å². The number of nitrogens with zero attached hydrogens (tertiary/aromatic N) is 4. The molecule has 1 aliphatic heterocycles. The number of aromatic nitrogens is 2. The number of rotatable bonds is 10. The van der Waals surface area contributed by atoms with Gasteiger partial charge < -0.3 is 29.9 Å². The predicted octanol–water partition coefficient (Wildman–Crippen LogP) is 3.92. The molecule has 1 saturated heterocycles. The molecule has 3 aromatic rings. The number of carbonyl (C=O) groups excluding carboxylic acids is 2. The summed E-state index contributed by atoms with van der Waals surface area (Å²) in [5, 5.41) is 5.57. The number of fused-ring (bicyclic) bond motifs is 1. The molecule has 2 aromatic carbocycles. The van der Waals surface area contributed by atoms with Crippen molar-refractivity contribution in [2.75, 3.05) is 46.2 Å². The van der Waals surface area contributed by atoms with Crippen LogP contribution in [-0.4, -0.2) is 84.6 Å². The lowest BCUT2D eigenvalue weighted by Gasteiger charge is -2.38. The van der Waals surface area contributed by atoms with E-state index in [1.54, 1.807) is 12.1 Å². The smallest absolute Gasteiger partial charge is 0.246 e. The minimum atomic E-state index is -0.959. The Hall–Kier alpha value is -4.03. The van der Waals surface area contributed by atoms with Crippen molar-refractivity contribution in [3.63, 3.8) is 0 Å². The molecule has 4 rings (SSSR count). The number of nitrogens with one attached hydrogen (secondary N) is 2. The molecule has 13 heteroatoms. The summed E-state index contributed by atoms with van der Waals surface area (Å²) < 4.78 is 40.1. The quantitative estimate of drug-likeness (QED) is 0.271. The molecule has 1 aliphatic rings. The average molecular weight is 589 g/mol. The molecule has 1 aromatic heterocycles. The minimum absolute atomic E-state index is 0.0722. The maximum atomic E-state index is 14.6. The maximum Gasteiger partial charge on any atom is 0.246 e. The zero-order valence-corrected chi connectivity index (χ0v) is 23.7. The highest BCUT2D eigenvalue weighted by Crippen LogP contribution is 2.37. The van der Waals surface area contributed by atoms with Crippen molar-refractivity contribution in [1.29, 1.82) is 0 Å². The van der Waals surface area contributed by atoms with Gasteiger partial charge in [-0.1, -0.05) is 18.2 Å². The second kappa shape index (κ2) is 13.1. The number of amides is 2. The van der Waals surface area contributed by atoms with Crippen LogP contribution in [0, 0.1) is 11.6 Å². The van der Waals surface area contributed by atoms with E-state index in [4.69, 9.17) is 21.1 Å². The van der Waals surface area contributed by atoms with Crippen LogP contribution >= 0.6 is 11.6 Å².